The summed E-state index contributed by atoms with van der Waals surface area (Å²) in [6, 6.07) is 7.10. The topological polar surface area (TPSA) is 93.5 Å². The maximum absolute atomic E-state index is 12.3. The van der Waals surface area contributed by atoms with E-state index in [1.165, 1.54) is 0 Å². The highest BCUT2D eigenvalue weighted by molar-refractivity contribution is 9.10. The van der Waals surface area contributed by atoms with Gasteiger partial charge in [0.2, 0.25) is 5.91 Å². The highest BCUT2D eigenvalue weighted by Crippen LogP contribution is 2.29. The normalized spacial score (nSPS) is 15.9. The predicted octanol–water partition coefficient (Wildman–Crippen LogP) is 1.47. The lowest BCUT2D eigenvalue weighted by Crippen LogP contribution is -2.50. The van der Waals surface area contributed by atoms with E-state index in [1.807, 2.05) is 12.1 Å². The number of nitrogens with two attached hydrogens (primary N) is 1. The molecule has 24 heavy (non-hydrogen) atoms. The van der Waals surface area contributed by atoms with Crippen LogP contribution in [-0.4, -0.2) is 44.7 Å². The lowest BCUT2D eigenvalue weighted by molar-refractivity contribution is -0.135. The van der Waals surface area contributed by atoms with E-state index in [1.54, 1.807) is 12.1 Å². The largest absolute Gasteiger partial charge is 0.381 e. The molecule has 1 fully saturated rings. The molecule has 0 bridgehead atoms. The molecule has 4 N–H and O–H groups in total. The Morgan fingerprint density at radius 3 is 2.29 bits per heavy atom. The van der Waals surface area contributed by atoms with Crippen molar-refractivity contribution in [2.45, 2.75) is 12.8 Å². The highest BCUT2D eigenvalue weighted by Gasteiger charge is 2.38. The number of hydrogen-bond acceptors (Lipinski definition) is 4. The van der Waals surface area contributed by atoms with Gasteiger partial charge in [0.15, 0.2) is 0 Å². The number of carbonyl (C=O) groups is 2. The molecule has 1 saturated heterocycles. The van der Waals surface area contributed by atoms with Gasteiger partial charge in [0.25, 0.3) is 5.91 Å². The zero-order chi connectivity index (χ0) is 16.7. The van der Waals surface area contributed by atoms with Crippen molar-refractivity contribution in [2.75, 3.05) is 32.8 Å². The van der Waals surface area contributed by atoms with E-state index in [0.29, 0.717) is 51.3 Å². The second kappa shape index (κ2) is 9.98. The van der Waals surface area contributed by atoms with E-state index in [0.717, 1.165) is 4.47 Å². The van der Waals surface area contributed by atoms with E-state index in [-0.39, 0.29) is 24.2 Å². The van der Waals surface area contributed by atoms with E-state index in [9.17, 15) is 9.59 Å². The van der Waals surface area contributed by atoms with Gasteiger partial charge in [-0.1, -0.05) is 15.9 Å². The summed E-state index contributed by atoms with van der Waals surface area (Å²) in [5.41, 5.74) is 5.84. The zero-order valence-electron chi connectivity index (χ0n) is 13.3. The number of carbonyl (C=O) groups excluding carboxylic acids is 2. The summed E-state index contributed by atoms with van der Waals surface area (Å²) in [7, 11) is 0. The van der Waals surface area contributed by atoms with Crippen LogP contribution in [0.4, 0.5) is 0 Å². The van der Waals surface area contributed by atoms with Gasteiger partial charge < -0.3 is 21.1 Å². The summed E-state index contributed by atoms with van der Waals surface area (Å²) in [5.74, 6) is -0.215. The van der Waals surface area contributed by atoms with Crippen molar-refractivity contribution in [1.82, 2.24) is 10.6 Å². The fourth-order valence-corrected chi connectivity index (χ4v) is 2.79. The molecule has 1 aromatic rings. The molecule has 0 saturated carbocycles. The Balaban J connectivity index is 0.00000288. The maximum atomic E-state index is 12.3. The fourth-order valence-electron chi connectivity index (χ4n) is 2.53. The van der Waals surface area contributed by atoms with Crippen LogP contribution in [0.25, 0.3) is 0 Å². The second-order valence-electron chi connectivity index (χ2n) is 5.62. The van der Waals surface area contributed by atoms with Crippen LogP contribution in [0.2, 0.25) is 0 Å². The van der Waals surface area contributed by atoms with Gasteiger partial charge in [0.1, 0.15) is 0 Å². The molecule has 8 heteroatoms. The van der Waals surface area contributed by atoms with E-state index in [2.05, 4.69) is 26.6 Å². The number of rotatable bonds is 6. The predicted molar refractivity (Wildman–Crippen MR) is 98.3 cm³/mol. The Morgan fingerprint density at radius 1 is 1.12 bits per heavy atom. The van der Waals surface area contributed by atoms with E-state index < -0.39 is 5.41 Å². The first-order valence-electron chi connectivity index (χ1n) is 7.67. The first-order valence-corrected chi connectivity index (χ1v) is 8.46. The summed E-state index contributed by atoms with van der Waals surface area (Å²) in [4.78, 5) is 24.3. The molecule has 0 aromatic heterocycles. The lowest BCUT2D eigenvalue weighted by Gasteiger charge is -2.34. The maximum Gasteiger partial charge on any atom is 0.251 e. The molecular weight excluding hydrogens is 398 g/mol. The zero-order valence-corrected chi connectivity index (χ0v) is 15.7. The van der Waals surface area contributed by atoms with Crippen LogP contribution >= 0.6 is 28.3 Å². The minimum Gasteiger partial charge on any atom is -0.381 e. The number of hydrogen-bond donors (Lipinski definition) is 3. The Kier molecular flexibility index (Phi) is 8.69. The van der Waals surface area contributed by atoms with Crippen molar-refractivity contribution in [3.8, 4) is 0 Å². The monoisotopic (exact) mass is 419 g/mol. The molecule has 0 radical (unpaired) electrons. The van der Waals surface area contributed by atoms with Crippen molar-refractivity contribution in [3.05, 3.63) is 34.3 Å². The Bertz CT molecular complexity index is 548. The molecule has 0 unspecified atom stereocenters. The summed E-state index contributed by atoms with van der Waals surface area (Å²) in [6.07, 6.45) is 1.28. The summed E-state index contributed by atoms with van der Waals surface area (Å²) in [6.45, 7) is 2.19. The van der Waals surface area contributed by atoms with Crippen LogP contribution in [-0.2, 0) is 9.53 Å². The van der Waals surface area contributed by atoms with E-state index >= 15 is 0 Å². The SMILES string of the molecule is Cl.NCC1(C(=O)NCCNC(=O)c2ccc(Br)cc2)CCOCC1. The van der Waals surface area contributed by atoms with Crippen LogP contribution < -0.4 is 16.4 Å². The van der Waals surface area contributed by atoms with Gasteiger partial charge in [0, 0.05) is 42.9 Å². The van der Waals surface area contributed by atoms with Crippen molar-refractivity contribution in [1.29, 1.82) is 0 Å². The smallest absolute Gasteiger partial charge is 0.251 e. The second-order valence-corrected chi connectivity index (χ2v) is 6.53. The molecule has 2 rings (SSSR count). The average molecular weight is 421 g/mol. The van der Waals surface area contributed by atoms with Crippen LogP contribution in [0.15, 0.2) is 28.7 Å². The molecule has 134 valence electrons. The quantitative estimate of drug-likeness (QED) is 0.608. The first kappa shape index (κ1) is 20.9. The van der Waals surface area contributed by atoms with Crippen LogP contribution in [0.1, 0.15) is 23.2 Å². The van der Waals surface area contributed by atoms with Gasteiger partial charge in [-0.2, -0.15) is 0 Å². The third-order valence-electron chi connectivity index (χ3n) is 4.12. The van der Waals surface area contributed by atoms with Crippen molar-refractivity contribution in [2.24, 2.45) is 11.1 Å². The summed E-state index contributed by atoms with van der Waals surface area (Å²) < 4.78 is 6.22. The fraction of sp³-hybridized carbons (Fsp3) is 0.500. The van der Waals surface area contributed by atoms with Gasteiger partial charge in [-0.15, -0.1) is 12.4 Å². The molecule has 1 aliphatic heterocycles. The molecule has 1 aliphatic rings. The van der Waals surface area contributed by atoms with Gasteiger partial charge in [0.05, 0.1) is 5.41 Å². The van der Waals surface area contributed by atoms with Crippen molar-refractivity contribution < 1.29 is 14.3 Å². The van der Waals surface area contributed by atoms with Crippen LogP contribution in [0.5, 0.6) is 0 Å². The molecule has 6 nitrogen and oxygen atoms in total. The average Bonchev–Trinajstić information content (AvgIpc) is 2.59. The third kappa shape index (κ3) is 5.44. The third-order valence-corrected chi connectivity index (χ3v) is 4.65. The van der Waals surface area contributed by atoms with Crippen LogP contribution in [0.3, 0.4) is 0 Å². The summed E-state index contributed by atoms with van der Waals surface area (Å²) in [5, 5.41) is 5.65. The number of benzene rings is 1. The number of ether oxygens (including phenoxy) is 1. The molecule has 1 aromatic carbocycles. The first-order chi connectivity index (χ1) is 11.1. The Morgan fingerprint density at radius 2 is 1.71 bits per heavy atom. The van der Waals surface area contributed by atoms with Crippen molar-refractivity contribution in [3.63, 3.8) is 0 Å². The lowest BCUT2D eigenvalue weighted by atomic mass is 9.79. The molecule has 1 heterocycles. The molecular formula is C16H23BrClN3O3. The Hall–Kier alpha value is -1.15. The van der Waals surface area contributed by atoms with Crippen LogP contribution in [0, 0.1) is 5.41 Å². The standard InChI is InChI=1S/C16H22BrN3O3.ClH/c17-13-3-1-12(2-4-13)14(21)19-7-8-20-15(22)16(11-18)5-9-23-10-6-16;/h1-4H,5-11,18H2,(H,19,21)(H,20,22);1H. The van der Waals surface area contributed by atoms with Gasteiger partial charge >= 0.3 is 0 Å². The number of amides is 2. The van der Waals surface area contributed by atoms with Crippen molar-refractivity contribution >= 4 is 40.2 Å². The molecule has 0 atom stereocenters. The number of nitrogens with one attached hydrogen (secondary N) is 2. The number of halogens is 2. The molecule has 0 aliphatic carbocycles. The Labute approximate surface area is 156 Å². The highest BCUT2D eigenvalue weighted by atomic mass is 79.9. The minimum absolute atomic E-state index is 0. The minimum atomic E-state index is -0.534. The molecule has 0 spiro atoms. The van der Waals surface area contributed by atoms with Gasteiger partial charge in [-0.05, 0) is 37.1 Å². The van der Waals surface area contributed by atoms with Gasteiger partial charge in [-0.3, -0.25) is 9.59 Å². The van der Waals surface area contributed by atoms with E-state index in [4.69, 9.17) is 10.5 Å². The molecule has 2 amide bonds. The van der Waals surface area contributed by atoms with Gasteiger partial charge in [-0.25, -0.2) is 0 Å². The summed E-state index contributed by atoms with van der Waals surface area (Å²) >= 11 is 3.33.